The molecule has 0 bridgehead atoms. The summed E-state index contributed by atoms with van der Waals surface area (Å²) in [6.07, 6.45) is 0. The zero-order valence-electron chi connectivity index (χ0n) is 9.83. The van der Waals surface area contributed by atoms with Crippen molar-refractivity contribution in [3.8, 4) is 0 Å². The summed E-state index contributed by atoms with van der Waals surface area (Å²) >= 11 is 12.0. The van der Waals surface area contributed by atoms with Crippen molar-refractivity contribution in [2.45, 2.75) is 5.88 Å². The molecule has 0 heterocycles. The summed E-state index contributed by atoms with van der Waals surface area (Å²) in [6, 6.07) is 11.9. The van der Waals surface area contributed by atoms with Crippen molar-refractivity contribution >= 4 is 34.6 Å². The van der Waals surface area contributed by atoms with Gasteiger partial charge in [0.15, 0.2) is 0 Å². The van der Waals surface area contributed by atoms with Gasteiger partial charge in [-0.25, -0.2) is 4.39 Å². The fourth-order valence-corrected chi connectivity index (χ4v) is 2.40. The van der Waals surface area contributed by atoms with Crippen LogP contribution in [-0.4, -0.2) is 7.05 Å². The van der Waals surface area contributed by atoms with E-state index in [1.54, 1.807) is 12.1 Å². The summed E-state index contributed by atoms with van der Waals surface area (Å²) in [5, 5.41) is 0.616. The van der Waals surface area contributed by atoms with E-state index in [-0.39, 0.29) is 5.82 Å². The maximum atomic E-state index is 13.2. The zero-order valence-corrected chi connectivity index (χ0v) is 11.3. The summed E-state index contributed by atoms with van der Waals surface area (Å²) < 4.78 is 13.2. The van der Waals surface area contributed by atoms with E-state index in [2.05, 4.69) is 0 Å². The lowest BCUT2D eigenvalue weighted by molar-refractivity contribution is 0.628. The summed E-state index contributed by atoms with van der Waals surface area (Å²) in [4.78, 5) is 1.87. The number of nitrogens with zero attached hydrogens (tertiary/aromatic N) is 1. The summed E-state index contributed by atoms with van der Waals surface area (Å²) in [5.41, 5.74) is 2.47. The highest BCUT2D eigenvalue weighted by atomic mass is 35.5. The van der Waals surface area contributed by atoms with Crippen molar-refractivity contribution in [1.82, 2.24) is 0 Å². The van der Waals surface area contributed by atoms with Crippen LogP contribution in [0.5, 0.6) is 0 Å². The molecule has 0 spiro atoms. The van der Waals surface area contributed by atoms with Gasteiger partial charge in [-0.2, -0.15) is 0 Å². The minimum absolute atomic E-state index is 0.270. The molecular weight excluding hydrogens is 272 g/mol. The van der Waals surface area contributed by atoms with E-state index < -0.39 is 0 Å². The first-order valence-electron chi connectivity index (χ1n) is 5.46. The molecule has 0 fully saturated rings. The van der Waals surface area contributed by atoms with Crippen LogP contribution in [0.25, 0.3) is 0 Å². The molecule has 94 valence electrons. The highest BCUT2D eigenvalue weighted by Crippen LogP contribution is 2.32. The minimum Gasteiger partial charge on any atom is -0.344 e. The van der Waals surface area contributed by atoms with Crippen LogP contribution in [0.1, 0.15) is 5.56 Å². The maximum absolute atomic E-state index is 13.2. The Bertz CT molecular complexity index is 557. The predicted octanol–water partition coefficient (Wildman–Crippen LogP) is 4.99. The standard InChI is InChI=1S/C14H12Cl2FN/c1-18(11-5-2-4-10(17)8-11)14-7-3-6-13(16)12(14)9-15/h2-8H,9H2,1H3. The first kappa shape index (κ1) is 13.2. The molecule has 2 rings (SSSR count). The van der Waals surface area contributed by atoms with Gasteiger partial charge in [-0.15, -0.1) is 11.6 Å². The third-order valence-corrected chi connectivity index (χ3v) is 3.41. The number of halogens is 3. The molecule has 0 saturated heterocycles. The van der Waals surface area contributed by atoms with E-state index in [1.807, 2.05) is 30.1 Å². The van der Waals surface area contributed by atoms with Crippen molar-refractivity contribution in [2.24, 2.45) is 0 Å². The lowest BCUT2D eigenvalue weighted by Crippen LogP contribution is -2.11. The average molecular weight is 284 g/mol. The molecule has 4 heteroatoms. The number of benzene rings is 2. The van der Waals surface area contributed by atoms with Crippen LogP contribution >= 0.6 is 23.2 Å². The third kappa shape index (κ3) is 2.60. The van der Waals surface area contributed by atoms with Crippen LogP contribution in [-0.2, 0) is 5.88 Å². The molecule has 2 aromatic rings. The van der Waals surface area contributed by atoms with Crippen LogP contribution in [0.15, 0.2) is 42.5 Å². The molecule has 0 aliphatic carbocycles. The molecule has 0 unspecified atom stereocenters. The van der Waals surface area contributed by atoms with Gasteiger partial charge in [0.2, 0.25) is 0 Å². The average Bonchev–Trinajstić information content (AvgIpc) is 2.37. The largest absolute Gasteiger partial charge is 0.344 e. The lowest BCUT2D eigenvalue weighted by Gasteiger charge is -2.22. The predicted molar refractivity (Wildman–Crippen MR) is 75.5 cm³/mol. The van der Waals surface area contributed by atoms with Gasteiger partial charge in [-0.1, -0.05) is 23.7 Å². The van der Waals surface area contributed by atoms with Crippen LogP contribution in [0.2, 0.25) is 5.02 Å². The molecule has 0 amide bonds. The van der Waals surface area contributed by atoms with Gasteiger partial charge in [0.25, 0.3) is 0 Å². The normalized spacial score (nSPS) is 10.4. The van der Waals surface area contributed by atoms with Crippen molar-refractivity contribution in [3.05, 3.63) is 58.9 Å². The molecule has 2 aromatic carbocycles. The summed E-state index contributed by atoms with van der Waals surface area (Å²) in [6.45, 7) is 0. The lowest BCUT2D eigenvalue weighted by atomic mass is 10.1. The summed E-state index contributed by atoms with van der Waals surface area (Å²) in [7, 11) is 1.86. The smallest absolute Gasteiger partial charge is 0.125 e. The second-order valence-electron chi connectivity index (χ2n) is 3.91. The van der Waals surface area contributed by atoms with E-state index >= 15 is 0 Å². The van der Waals surface area contributed by atoms with Crippen molar-refractivity contribution in [1.29, 1.82) is 0 Å². The number of anilines is 2. The van der Waals surface area contributed by atoms with Gasteiger partial charge in [0.1, 0.15) is 5.82 Å². The monoisotopic (exact) mass is 283 g/mol. The molecule has 0 aliphatic heterocycles. The van der Waals surface area contributed by atoms with Gasteiger partial charge in [-0.3, -0.25) is 0 Å². The van der Waals surface area contributed by atoms with Gasteiger partial charge in [-0.05, 0) is 30.3 Å². The topological polar surface area (TPSA) is 3.24 Å². The van der Waals surface area contributed by atoms with Crippen molar-refractivity contribution < 1.29 is 4.39 Å². The molecular formula is C14H12Cl2FN. The molecule has 0 radical (unpaired) electrons. The first-order chi connectivity index (χ1) is 8.63. The van der Waals surface area contributed by atoms with Crippen LogP contribution in [0, 0.1) is 5.82 Å². The highest BCUT2D eigenvalue weighted by Gasteiger charge is 2.11. The fraction of sp³-hybridized carbons (Fsp3) is 0.143. The Balaban J connectivity index is 2.46. The Morgan fingerprint density at radius 3 is 2.56 bits per heavy atom. The van der Waals surface area contributed by atoms with E-state index in [9.17, 15) is 4.39 Å². The Morgan fingerprint density at radius 1 is 1.17 bits per heavy atom. The number of hydrogen-bond donors (Lipinski definition) is 0. The first-order valence-corrected chi connectivity index (χ1v) is 6.37. The Labute approximate surface area is 116 Å². The molecule has 18 heavy (non-hydrogen) atoms. The Kier molecular flexibility index (Phi) is 4.10. The molecule has 0 atom stereocenters. The highest BCUT2D eigenvalue weighted by molar-refractivity contribution is 6.32. The summed E-state index contributed by atoms with van der Waals surface area (Å²) in [5.74, 6) is 0.0445. The van der Waals surface area contributed by atoms with Crippen LogP contribution in [0.3, 0.4) is 0 Å². The van der Waals surface area contributed by atoms with Gasteiger partial charge >= 0.3 is 0 Å². The van der Waals surface area contributed by atoms with Crippen molar-refractivity contribution in [3.63, 3.8) is 0 Å². The number of alkyl halides is 1. The van der Waals surface area contributed by atoms with Gasteiger partial charge in [0.05, 0.1) is 5.88 Å². The van der Waals surface area contributed by atoms with Crippen molar-refractivity contribution in [2.75, 3.05) is 11.9 Å². The third-order valence-electron chi connectivity index (χ3n) is 2.78. The second-order valence-corrected chi connectivity index (χ2v) is 4.58. The fourth-order valence-electron chi connectivity index (χ4n) is 1.82. The SMILES string of the molecule is CN(c1cccc(F)c1)c1cccc(Cl)c1CCl. The molecule has 1 nitrogen and oxygen atoms in total. The van der Waals surface area contributed by atoms with Gasteiger partial charge in [0, 0.05) is 29.0 Å². The maximum Gasteiger partial charge on any atom is 0.125 e. The van der Waals surface area contributed by atoms with Crippen LogP contribution < -0.4 is 4.90 Å². The van der Waals surface area contributed by atoms with E-state index in [1.165, 1.54) is 12.1 Å². The second kappa shape index (κ2) is 5.59. The molecule has 0 N–H and O–H groups in total. The van der Waals surface area contributed by atoms with Crippen LogP contribution in [0.4, 0.5) is 15.8 Å². The Morgan fingerprint density at radius 2 is 1.89 bits per heavy atom. The minimum atomic E-state index is -0.270. The molecule has 0 saturated carbocycles. The number of hydrogen-bond acceptors (Lipinski definition) is 1. The Hall–Kier alpha value is -1.25. The molecule has 0 aromatic heterocycles. The van der Waals surface area contributed by atoms with E-state index in [0.717, 1.165) is 16.9 Å². The zero-order chi connectivity index (χ0) is 13.1. The quantitative estimate of drug-likeness (QED) is 0.718. The van der Waals surface area contributed by atoms with E-state index in [0.29, 0.717) is 10.9 Å². The number of rotatable bonds is 3. The van der Waals surface area contributed by atoms with Gasteiger partial charge < -0.3 is 4.90 Å². The van der Waals surface area contributed by atoms with E-state index in [4.69, 9.17) is 23.2 Å². The molecule has 0 aliphatic rings.